The molecule has 0 unspecified atom stereocenters. The smallest absolute Gasteiger partial charge is 0.393 e. The van der Waals surface area contributed by atoms with Crippen LogP contribution in [-0.2, 0) is 0 Å². The van der Waals surface area contributed by atoms with E-state index in [4.69, 9.17) is 0 Å². The highest BCUT2D eigenvalue weighted by atomic mass is 79.9. The summed E-state index contributed by atoms with van der Waals surface area (Å²) in [6.45, 7) is 3.39. The average molecular weight is 508 g/mol. The summed E-state index contributed by atoms with van der Waals surface area (Å²) < 4.78 is 34.5. The van der Waals surface area contributed by atoms with E-state index < -0.39 is 6.97 Å². The summed E-state index contributed by atoms with van der Waals surface area (Å²) in [5.41, 5.74) is 6.92. The van der Waals surface area contributed by atoms with Crippen molar-refractivity contribution >= 4 is 56.2 Å². The van der Waals surface area contributed by atoms with Gasteiger partial charge in [-0.25, -0.2) is 0 Å². The molecule has 2 nitrogen and oxygen atoms in total. The van der Waals surface area contributed by atoms with Crippen molar-refractivity contribution in [2.75, 3.05) is 0 Å². The van der Waals surface area contributed by atoms with Crippen molar-refractivity contribution in [3.05, 3.63) is 79.1 Å². The third-order valence-corrected chi connectivity index (χ3v) is 5.87. The molecule has 0 aliphatic carbocycles. The number of halogens is 4. The molecular weight excluding hydrogens is 489 g/mol. The maximum absolute atomic E-state index is 15.6. The van der Waals surface area contributed by atoms with E-state index in [0.717, 1.165) is 31.2 Å². The lowest BCUT2D eigenvalue weighted by Gasteiger charge is -2.34. The van der Waals surface area contributed by atoms with Crippen LogP contribution in [0.15, 0.2) is 51.1 Å². The molecule has 0 spiro atoms. The Labute approximate surface area is 180 Å². The standard InChI is InChI=1S/C21H19BBr2F2N2/c1-12-9-14(3)27-20(12)19(17-7-5-16(6-8-17)11-18(23)24)21-13(2)10-15(4)28(21)22(27,25)26/h5-11H,1-4H3. The Bertz CT molecular complexity index is 1130. The maximum Gasteiger partial charge on any atom is 0.737 e. The second-order valence-corrected chi connectivity index (χ2v) is 10.2. The van der Waals surface area contributed by atoms with Crippen molar-refractivity contribution < 1.29 is 13.1 Å². The largest absolute Gasteiger partial charge is 0.737 e. The molecule has 0 saturated heterocycles. The third-order valence-electron chi connectivity index (χ3n) is 5.41. The molecule has 28 heavy (non-hydrogen) atoms. The van der Waals surface area contributed by atoms with Gasteiger partial charge in [0.25, 0.3) is 0 Å². The summed E-state index contributed by atoms with van der Waals surface area (Å²) in [6.07, 6.45) is 3.80. The van der Waals surface area contributed by atoms with Gasteiger partial charge in [-0.1, -0.05) is 24.3 Å². The van der Waals surface area contributed by atoms with Crippen molar-refractivity contribution in [3.63, 3.8) is 0 Å². The van der Waals surface area contributed by atoms with E-state index in [1.807, 2.05) is 56.3 Å². The number of benzene rings is 1. The van der Waals surface area contributed by atoms with Crippen LogP contribution in [0.4, 0.5) is 8.63 Å². The number of hydrogen-bond acceptors (Lipinski definition) is 0. The fourth-order valence-corrected chi connectivity index (χ4v) is 4.97. The minimum Gasteiger partial charge on any atom is -0.393 e. The van der Waals surface area contributed by atoms with Gasteiger partial charge in [-0.15, -0.1) is 0 Å². The van der Waals surface area contributed by atoms with Gasteiger partial charge < -0.3 is 17.6 Å². The molecule has 1 aromatic heterocycles. The zero-order valence-electron chi connectivity index (χ0n) is 16.0. The Kier molecular flexibility index (Phi) is 4.66. The summed E-state index contributed by atoms with van der Waals surface area (Å²) in [5, 5.41) is 0. The van der Waals surface area contributed by atoms with Gasteiger partial charge >= 0.3 is 6.97 Å². The molecule has 0 bridgehead atoms. The molecule has 0 radical (unpaired) electrons. The van der Waals surface area contributed by atoms with Crippen molar-refractivity contribution in [3.8, 4) is 0 Å². The first kappa shape index (κ1) is 19.6. The summed E-state index contributed by atoms with van der Waals surface area (Å²) in [6, 6.07) is 9.83. The minimum atomic E-state index is -3.93. The Hall–Kier alpha value is -1.73. The number of fused-ring (bicyclic) bond motifs is 2. The second-order valence-electron chi connectivity index (χ2n) is 7.39. The number of nitrogens with zero attached hydrogens (tertiary/aromatic N) is 2. The van der Waals surface area contributed by atoms with Gasteiger partial charge in [0.15, 0.2) is 5.70 Å². The van der Waals surface area contributed by atoms with Crippen molar-refractivity contribution in [1.29, 1.82) is 0 Å². The first-order valence-electron chi connectivity index (χ1n) is 9.03. The van der Waals surface area contributed by atoms with Crippen LogP contribution >= 0.6 is 31.9 Å². The number of allylic oxidation sites excluding steroid dienone is 2. The van der Waals surface area contributed by atoms with E-state index in [-0.39, 0.29) is 0 Å². The molecular formula is C21H19BBr2F2N2. The van der Waals surface area contributed by atoms with E-state index in [0.29, 0.717) is 22.8 Å². The van der Waals surface area contributed by atoms with Crippen LogP contribution in [0.5, 0.6) is 0 Å². The molecule has 1 aromatic carbocycles. The van der Waals surface area contributed by atoms with Crippen LogP contribution < -0.4 is 0 Å². The van der Waals surface area contributed by atoms with E-state index in [1.54, 1.807) is 13.8 Å². The zero-order valence-corrected chi connectivity index (χ0v) is 19.2. The summed E-state index contributed by atoms with van der Waals surface area (Å²) in [7, 11) is 0. The van der Waals surface area contributed by atoms with Crippen LogP contribution in [-0.4, -0.2) is 21.6 Å². The number of rotatable bonds is 2. The molecule has 3 heterocycles. The second kappa shape index (κ2) is 6.66. The van der Waals surface area contributed by atoms with Gasteiger partial charge in [-0.05, 0) is 87.2 Å². The summed E-state index contributed by atoms with van der Waals surface area (Å²) >= 11 is 6.74. The first-order valence-corrected chi connectivity index (χ1v) is 10.6. The van der Waals surface area contributed by atoms with Crippen LogP contribution in [0.3, 0.4) is 0 Å². The Morgan fingerprint density at radius 2 is 1.71 bits per heavy atom. The van der Waals surface area contributed by atoms with Gasteiger partial charge in [0.1, 0.15) is 5.71 Å². The average Bonchev–Trinajstić information content (AvgIpc) is 3.06. The van der Waals surface area contributed by atoms with Gasteiger partial charge in [0.2, 0.25) is 0 Å². The van der Waals surface area contributed by atoms with E-state index >= 15 is 8.63 Å². The lowest BCUT2D eigenvalue weighted by atomic mass is 9.83. The molecule has 0 fully saturated rings. The van der Waals surface area contributed by atoms with Gasteiger partial charge in [-0.3, -0.25) is 0 Å². The van der Waals surface area contributed by atoms with Crippen molar-refractivity contribution in [2.45, 2.75) is 27.7 Å². The lowest BCUT2D eigenvalue weighted by molar-refractivity contribution is -0.363. The fourth-order valence-electron chi connectivity index (χ4n) is 4.44. The molecule has 0 N–H and O–H groups in total. The van der Waals surface area contributed by atoms with Crippen LogP contribution in [0.1, 0.15) is 41.9 Å². The fraction of sp³-hybridized carbons (Fsp3) is 0.190. The van der Waals surface area contributed by atoms with Crippen LogP contribution in [0.2, 0.25) is 0 Å². The molecule has 0 amide bonds. The van der Waals surface area contributed by atoms with Crippen LogP contribution in [0, 0.1) is 13.8 Å². The van der Waals surface area contributed by atoms with Crippen LogP contribution in [0.25, 0.3) is 11.6 Å². The SMILES string of the molecule is CC1=CC(C)=[N+]2C1=C(c1ccc(C=C(Br)Br)cc1)c1c(C)cc(C)n1[B-]2(F)F. The highest BCUT2D eigenvalue weighted by molar-refractivity contribution is 9.28. The Balaban J connectivity index is 2.05. The quantitative estimate of drug-likeness (QED) is 0.403. The minimum absolute atomic E-state index is 0.578. The topological polar surface area (TPSA) is 7.94 Å². The summed E-state index contributed by atoms with van der Waals surface area (Å²) in [4.78, 5) is 0. The zero-order chi connectivity index (χ0) is 20.4. The molecule has 0 saturated carbocycles. The van der Waals surface area contributed by atoms with Crippen molar-refractivity contribution in [2.24, 2.45) is 0 Å². The maximum atomic E-state index is 15.6. The Morgan fingerprint density at radius 1 is 1.07 bits per heavy atom. The molecule has 2 aliphatic heterocycles. The highest BCUT2D eigenvalue weighted by Gasteiger charge is 2.55. The monoisotopic (exact) mass is 506 g/mol. The molecule has 0 atom stereocenters. The highest BCUT2D eigenvalue weighted by Crippen LogP contribution is 2.44. The molecule has 144 valence electrons. The van der Waals surface area contributed by atoms with Gasteiger partial charge in [0, 0.05) is 24.3 Å². The number of hydrogen-bond donors (Lipinski definition) is 0. The molecule has 7 heteroatoms. The Morgan fingerprint density at radius 3 is 2.32 bits per heavy atom. The summed E-state index contributed by atoms with van der Waals surface area (Å²) in [5.74, 6) is 0. The molecule has 2 aliphatic rings. The number of aryl methyl sites for hydroxylation is 2. The van der Waals surface area contributed by atoms with E-state index in [1.165, 1.54) is 8.96 Å². The molecule has 4 rings (SSSR count). The lowest BCUT2D eigenvalue weighted by Crippen LogP contribution is -2.51. The van der Waals surface area contributed by atoms with Crippen molar-refractivity contribution in [1.82, 2.24) is 4.48 Å². The third kappa shape index (κ3) is 2.82. The first-order chi connectivity index (χ1) is 13.1. The van der Waals surface area contributed by atoms with Gasteiger partial charge in [-0.2, -0.15) is 0 Å². The van der Waals surface area contributed by atoms with Gasteiger partial charge in [0.05, 0.1) is 8.96 Å². The normalized spacial score (nSPS) is 17.5. The van der Waals surface area contributed by atoms with E-state index in [9.17, 15) is 0 Å². The predicted octanol–water partition coefficient (Wildman–Crippen LogP) is 6.62. The predicted molar refractivity (Wildman–Crippen MR) is 120 cm³/mol. The van der Waals surface area contributed by atoms with E-state index in [2.05, 4.69) is 31.9 Å². The molecule has 2 aromatic rings. The number of aromatic nitrogens is 1.